The Hall–Kier alpha value is -3.96. The van der Waals surface area contributed by atoms with Crippen LogP contribution in [-0.2, 0) is 19.1 Å². The summed E-state index contributed by atoms with van der Waals surface area (Å²) in [5, 5.41) is 9.67. The zero-order valence-corrected chi connectivity index (χ0v) is 48.1. The molecule has 74 heavy (non-hydrogen) atoms. The van der Waals surface area contributed by atoms with Crippen molar-refractivity contribution in [2.75, 3.05) is 13.2 Å². The number of aliphatic hydroxyl groups excluding tert-OH is 1. The van der Waals surface area contributed by atoms with Gasteiger partial charge in [0.05, 0.1) is 6.61 Å². The molecule has 5 nitrogen and oxygen atoms in total. The lowest BCUT2D eigenvalue weighted by atomic mass is 10.0. The molecular formula is C69H114O5. The summed E-state index contributed by atoms with van der Waals surface area (Å²) >= 11 is 0. The van der Waals surface area contributed by atoms with Crippen molar-refractivity contribution in [3.05, 3.63) is 134 Å². The van der Waals surface area contributed by atoms with Crippen molar-refractivity contribution in [1.82, 2.24) is 0 Å². The average molecular weight is 1020 g/mol. The van der Waals surface area contributed by atoms with Crippen molar-refractivity contribution in [2.45, 2.75) is 277 Å². The minimum Gasteiger partial charge on any atom is -0.462 e. The van der Waals surface area contributed by atoms with Crippen molar-refractivity contribution in [3.8, 4) is 0 Å². The highest BCUT2D eigenvalue weighted by Crippen LogP contribution is 2.15. The van der Waals surface area contributed by atoms with Gasteiger partial charge in [0.25, 0.3) is 0 Å². The van der Waals surface area contributed by atoms with Crippen LogP contribution in [0.15, 0.2) is 134 Å². The zero-order chi connectivity index (χ0) is 53.4. The molecule has 420 valence electrons. The highest BCUT2D eigenvalue weighted by atomic mass is 16.6. The molecule has 0 fully saturated rings. The van der Waals surface area contributed by atoms with E-state index in [1.807, 2.05) is 0 Å². The Morgan fingerprint density at radius 1 is 0.324 bits per heavy atom. The summed E-state index contributed by atoms with van der Waals surface area (Å²) in [6.45, 7) is 4.02. The number of unbranched alkanes of at least 4 members (excludes halogenated alkanes) is 25. The van der Waals surface area contributed by atoms with Crippen molar-refractivity contribution in [2.24, 2.45) is 0 Å². The van der Waals surface area contributed by atoms with Gasteiger partial charge in [-0.05, 0) is 116 Å². The predicted octanol–water partition coefficient (Wildman–Crippen LogP) is 21.2. The molecule has 0 bridgehead atoms. The Kier molecular flexibility index (Phi) is 59.9. The third-order valence-corrected chi connectivity index (χ3v) is 12.9. The van der Waals surface area contributed by atoms with E-state index in [0.29, 0.717) is 12.8 Å². The summed E-state index contributed by atoms with van der Waals surface area (Å²) in [6, 6.07) is 0. The predicted molar refractivity (Wildman–Crippen MR) is 324 cm³/mol. The quantitative estimate of drug-likeness (QED) is 0.0373. The van der Waals surface area contributed by atoms with Crippen molar-refractivity contribution < 1.29 is 24.2 Å². The van der Waals surface area contributed by atoms with E-state index in [0.717, 1.165) is 103 Å². The van der Waals surface area contributed by atoms with Gasteiger partial charge in [-0.2, -0.15) is 0 Å². The Balaban J connectivity index is 3.56. The standard InChI is InChI=1S/C69H114O5/c1-3-5-7-9-11-13-15-17-19-21-23-25-27-29-30-31-32-33-34-35-36-37-38-40-42-44-46-48-50-52-54-56-58-60-62-64-69(72)74-67(65-70)66-73-68(71)63-61-59-57-55-53-51-49-47-45-43-41-39-28-26-24-22-20-18-16-14-12-10-8-6-4-2/h5,7,11,13,16-19,22-25,28-30,32-33,35-36,38-40,67,70H,3-4,6,8-10,12,14-15,20-21,26-27,31,34,37,41-66H2,1-2H3/b7-5-,13-11-,18-16-,19-17-,24-22-,25-23-,30-29-,33-32-,36-35-,39-28-,40-38-. The van der Waals surface area contributed by atoms with Gasteiger partial charge < -0.3 is 14.6 Å². The largest absolute Gasteiger partial charge is 0.462 e. The molecule has 0 radical (unpaired) electrons. The molecule has 0 rings (SSSR count). The Labute approximate surface area is 457 Å². The van der Waals surface area contributed by atoms with E-state index in [1.54, 1.807) is 0 Å². The molecule has 5 heteroatoms. The topological polar surface area (TPSA) is 72.8 Å². The van der Waals surface area contributed by atoms with E-state index >= 15 is 0 Å². The minimum atomic E-state index is -0.786. The molecule has 0 aromatic rings. The number of hydrogen-bond acceptors (Lipinski definition) is 5. The van der Waals surface area contributed by atoms with E-state index in [1.165, 1.54) is 141 Å². The van der Waals surface area contributed by atoms with Gasteiger partial charge in [-0.15, -0.1) is 0 Å². The second-order valence-electron chi connectivity index (χ2n) is 20.0. The van der Waals surface area contributed by atoms with Crippen LogP contribution < -0.4 is 0 Å². The maximum atomic E-state index is 12.3. The zero-order valence-electron chi connectivity index (χ0n) is 48.1. The molecule has 0 aromatic heterocycles. The maximum Gasteiger partial charge on any atom is 0.306 e. The van der Waals surface area contributed by atoms with Crippen LogP contribution in [0.4, 0.5) is 0 Å². The van der Waals surface area contributed by atoms with Crippen LogP contribution in [0.25, 0.3) is 0 Å². The number of aliphatic hydroxyl groups is 1. The van der Waals surface area contributed by atoms with Crippen LogP contribution in [0.5, 0.6) is 0 Å². The first-order valence-corrected chi connectivity index (χ1v) is 30.7. The molecule has 0 saturated carbocycles. The monoisotopic (exact) mass is 1020 g/mol. The molecule has 0 aromatic carbocycles. The van der Waals surface area contributed by atoms with Crippen molar-refractivity contribution >= 4 is 11.9 Å². The fraction of sp³-hybridized carbons (Fsp3) is 0.652. The number of ether oxygens (including phenoxy) is 2. The normalized spacial score (nSPS) is 13.2. The van der Waals surface area contributed by atoms with Gasteiger partial charge in [-0.1, -0.05) is 276 Å². The van der Waals surface area contributed by atoms with E-state index in [4.69, 9.17) is 9.47 Å². The summed E-state index contributed by atoms with van der Waals surface area (Å²) < 4.78 is 10.7. The molecule has 0 saturated heterocycles. The Bertz CT molecular complexity index is 1530. The van der Waals surface area contributed by atoms with Crippen molar-refractivity contribution in [1.29, 1.82) is 0 Å². The number of esters is 2. The second kappa shape index (κ2) is 63.3. The average Bonchev–Trinajstić information content (AvgIpc) is 3.40. The molecule has 1 unspecified atom stereocenters. The molecule has 0 amide bonds. The van der Waals surface area contributed by atoms with Crippen LogP contribution >= 0.6 is 0 Å². The summed E-state index contributed by atoms with van der Waals surface area (Å²) in [6.07, 6.45) is 94.3. The van der Waals surface area contributed by atoms with E-state index < -0.39 is 6.10 Å². The smallest absolute Gasteiger partial charge is 0.306 e. The second-order valence-corrected chi connectivity index (χ2v) is 20.0. The number of allylic oxidation sites excluding steroid dienone is 22. The van der Waals surface area contributed by atoms with E-state index in [9.17, 15) is 14.7 Å². The fourth-order valence-electron chi connectivity index (χ4n) is 8.34. The van der Waals surface area contributed by atoms with Gasteiger partial charge in [0.2, 0.25) is 0 Å². The maximum absolute atomic E-state index is 12.3. The lowest BCUT2D eigenvalue weighted by Gasteiger charge is -2.15. The summed E-state index contributed by atoms with van der Waals surface area (Å²) in [5.41, 5.74) is 0. The van der Waals surface area contributed by atoms with Gasteiger partial charge in [-0.3, -0.25) is 9.59 Å². The third-order valence-electron chi connectivity index (χ3n) is 12.9. The van der Waals surface area contributed by atoms with E-state index in [-0.39, 0.29) is 25.2 Å². The molecule has 0 aliphatic heterocycles. The first-order valence-electron chi connectivity index (χ1n) is 30.7. The molecule has 0 aliphatic carbocycles. The third kappa shape index (κ3) is 60.6. The molecular weight excluding hydrogens is 909 g/mol. The molecule has 1 atom stereocenters. The summed E-state index contributed by atoms with van der Waals surface area (Å²) in [7, 11) is 0. The Morgan fingerprint density at radius 3 is 0.878 bits per heavy atom. The number of rotatable bonds is 55. The van der Waals surface area contributed by atoms with Gasteiger partial charge in [0, 0.05) is 12.8 Å². The van der Waals surface area contributed by atoms with Gasteiger partial charge >= 0.3 is 11.9 Å². The highest BCUT2D eigenvalue weighted by molar-refractivity contribution is 5.70. The van der Waals surface area contributed by atoms with Crippen LogP contribution in [0.2, 0.25) is 0 Å². The fourth-order valence-corrected chi connectivity index (χ4v) is 8.34. The Morgan fingerprint density at radius 2 is 0.581 bits per heavy atom. The molecule has 0 heterocycles. The highest BCUT2D eigenvalue weighted by Gasteiger charge is 2.16. The van der Waals surface area contributed by atoms with Crippen LogP contribution in [0, 0.1) is 0 Å². The number of hydrogen-bond donors (Lipinski definition) is 1. The lowest BCUT2D eigenvalue weighted by molar-refractivity contribution is -0.161. The first-order chi connectivity index (χ1) is 36.6. The summed E-state index contributed by atoms with van der Waals surface area (Å²) in [4.78, 5) is 24.6. The molecule has 0 spiro atoms. The van der Waals surface area contributed by atoms with Crippen LogP contribution in [0.1, 0.15) is 271 Å². The minimum absolute atomic E-state index is 0.0761. The van der Waals surface area contributed by atoms with Gasteiger partial charge in [0.15, 0.2) is 6.10 Å². The van der Waals surface area contributed by atoms with Gasteiger partial charge in [0.1, 0.15) is 6.61 Å². The molecule has 1 N–H and O–H groups in total. The van der Waals surface area contributed by atoms with Gasteiger partial charge in [-0.25, -0.2) is 0 Å². The number of carbonyl (C=O) groups excluding carboxylic acids is 2. The number of carbonyl (C=O) groups is 2. The lowest BCUT2D eigenvalue weighted by Crippen LogP contribution is -2.28. The van der Waals surface area contributed by atoms with Crippen molar-refractivity contribution in [3.63, 3.8) is 0 Å². The van der Waals surface area contributed by atoms with Crippen LogP contribution in [-0.4, -0.2) is 36.4 Å². The van der Waals surface area contributed by atoms with E-state index in [2.05, 4.69) is 148 Å². The molecule has 0 aliphatic rings. The SMILES string of the molecule is CC/C=C\C/C=C\C/C=C\C/C=C\C/C=C\C/C=C\C/C=C\C/C=C\CCCCCCCCCCCCC(=O)OC(CO)COC(=O)CCCCCCCCCCCC/C=C\C/C=C\C/C=C\CCCCCCC. The first kappa shape index (κ1) is 70.0. The van der Waals surface area contributed by atoms with Crippen LogP contribution in [0.3, 0.4) is 0 Å². The summed E-state index contributed by atoms with van der Waals surface area (Å²) in [5.74, 6) is -0.602.